The van der Waals surface area contributed by atoms with Crippen molar-refractivity contribution in [2.24, 2.45) is 0 Å². The number of esters is 2. The van der Waals surface area contributed by atoms with Crippen molar-refractivity contribution in [1.29, 1.82) is 0 Å². The van der Waals surface area contributed by atoms with Gasteiger partial charge in [0, 0.05) is 5.56 Å². The first-order chi connectivity index (χ1) is 15.5. The summed E-state index contributed by atoms with van der Waals surface area (Å²) in [4.78, 5) is 25.5. The monoisotopic (exact) mass is 428 g/mol. The van der Waals surface area contributed by atoms with Gasteiger partial charge in [0.1, 0.15) is 17.0 Å². The number of benzene rings is 3. The molecule has 0 aliphatic carbocycles. The highest BCUT2D eigenvalue weighted by Crippen LogP contribution is 2.32. The van der Waals surface area contributed by atoms with Crippen molar-refractivity contribution < 1.29 is 24.2 Å². The van der Waals surface area contributed by atoms with Crippen LogP contribution in [-0.4, -0.2) is 41.0 Å². The SMILES string of the molecule is COC(=O)c1c(-c2cccc(-c3cccc(O)c3)c2)nn(-c2ccccc2)c1C(=O)OC. The number of rotatable bonds is 5. The second kappa shape index (κ2) is 8.77. The van der Waals surface area contributed by atoms with Crippen LogP contribution in [0.3, 0.4) is 0 Å². The van der Waals surface area contributed by atoms with Gasteiger partial charge in [0.15, 0.2) is 5.69 Å². The normalized spacial score (nSPS) is 10.6. The molecule has 1 heterocycles. The van der Waals surface area contributed by atoms with E-state index in [-0.39, 0.29) is 22.7 Å². The number of ether oxygens (including phenoxy) is 2. The number of aromatic nitrogens is 2. The third-order valence-electron chi connectivity index (χ3n) is 4.97. The molecule has 0 saturated heterocycles. The minimum Gasteiger partial charge on any atom is -0.508 e. The lowest BCUT2D eigenvalue weighted by molar-refractivity contribution is 0.0549. The van der Waals surface area contributed by atoms with Crippen molar-refractivity contribution in [3.63, 3.8) is 0 Å². The van der Waals surface area contributed by atoms with E-state index in [1.807, 2.05) is 30.3 Å². The Morgan fingerprint density at radius 2 is 1.41 bits per heavy atom. The fourth-order valence-electron chi connectivity index (χ4n) is 3.49. The summed E-state index contributed by atoms with van der Waals surface area (Å²) in [7, 11) is 2.49. The van der Waals surface area contributed by atoms with E-state index < -0.39 is 11.9 Å². The van der Waals surface area contributed by atoms with E-state index in [0.717, 1.165) is 11.1 Å². The number of hydrogen-bond acceptors (Lipinski definition) is 6. The van der Waals surface area contributed by atoms with Crippen LogP contribution in [0.1, 0.15) is 20.8 Å². The van der Waals surface area contributed by atoms with E-state index in [2.05, 4.69) is 5.10 Å². The molecule has 0 aliphatic rings. The molecule has 0 unspecified atom stereocenters. The fourth-order valence-corrected chi connectivity index (χ4v) is 3.49. The van der Waals surface area contributed by atoms with E-state index in [0.29, 0.717) is 11.3 Å². The molecule has 3 aromatic carbocycles. The highest BCUT2D eigenvalue weighted by Gasteiger charge is 2.31. The fraction of sp³-hybridized carbons (Fsp3) is 0.0800. The van der Waals surface area contributed by atoms with Crippen molar-refractivity contribution in [2.45, 2.75) is 0 Å². The lowest BCUT2D eigenvalue weighted by Crippen LogP contribution is -2.15. The molecule has 32 heavy (non-hydrogen) atoms. The van der Waals surface area contributed by atoms with Gasteiger partial charge in [-0.25, -0.2) is 14.3 Å². The van der Waals surface area contributed by atoms with Gasteiger partial charge in [-0.2, -0.15) is 5.10 Å². The van der Waals surface area contributed by atoms with E-state index in [1.54, 1.807) is 48.5 Å². The highest BCUT2D eigenvalue weighted by atomic mass is 16.5. The van der Waals surface area contributed by atoms with Crippen molar-refractivity contribution in [3.05, 3.63) is 90.1 Å². The Morgan fingerprint density at radius 3 is 2.06 bits per heavy atom. The average molecular weight is 428 g/mol. The highest BCUT2D eigenvalue weighted by molar-refractivity contribution is 6.07. The largest absolute Gasteiger partial charge is 0.508 e. The molecule has 0 aliphatic heterocycles. The van der Waals surface area contributed by atoms with Gasteiger partial charge >= 0.3 is 11.9 Å². The second-order valence-corrected chi connectivity index (χ2v) is 6.93. The number of hydrogen-bond donors (Lipinski definition) is 1. The van der Waals surface area contributed by atoms with Crippen LogP contribution >= 0.6 is 0 Å². The lowest BCUT2D eigenvalue weighted by atomic mass is 9.99. The van der Waals surface area contributed by atoms with Crippen LogP contribution in [0.4, 0.5) is 0 Å². The molecule has 0 amide bonds. The summed E-state index contributed by atoms with van der Waals surface area (Å²) in [5.41, 5.74) is 3.06. The van der Waals surface area contributed by atoms with E-state index in [1.165, 1.54) is 18.9 Å². The van der Waals surface area contributed by atoms with Gasteiger partial charge in [-0.1, -0.05) is 48.5 Å². The zero-order valence-electron chi connectivity index (χ0n) is 17.5. The molecule has 1 N–H and O–H groups in total. The molecule has 0 bridgehead atoms. The third-order valence-corrected chi connectivity index (χ3v) is 4.97. The Bertz CT molecular complexity index is 1290. The molecule has 0 saturated carbocycles. The minimum absolute atomic E-state index is 0.0104. The zero-order chi connectivity index (χ0) is 22.7. The number of aromatic hydroxyl groups is 1. The number of phenolic OH excluding ortho intramolecular Hbond substituents is 1. The molecular formula is C25H20N2O5. The van der Waals surface area contributed by atoms with Gasteiger partial charge in [-0.15, -0.1) is 0 Å². The Hall–Kier alpha value is -4.39. The number of carbonyl (C=O) groups excluding carboxylic acids is 2. The van der Waals surface area contributed by atoms with Gasteiger partial charge in [0.25, 0.3) is 0 Å². The molecule has 0 atom stereocenters. The number of methoxy groups -OCH3 is 2. The molecule has 4 rings (SSSR count). The summed E-state index contributed by atoms with van der Waals surface area (Å²) in [5, 5.41) is 14.4. The average Bonchev–Trinajstić information content (AvgIpc) is 3.24. The molecule has 0 radical (unpaired) electrons. The molecule has 0 spiro atoms. The summed E-state index contributed by atoms with van der Waals surface area (Å²) >= 11 is 0. The first-order valence-corrected chi connectivity index (χ1v) is 9.78. The summed E-state index contributed by atoms with van der Waals surface area (Å²) in [6.45, 7) is 0. The van der Waals surface area contributed by atoms with Crippen LogP contribution < -0.4 is 0 Å². The second-order valence-electron chi connectivity index (χ2n) is 6.93. The molecule has 160 valence electrons. The lowest BCUT2D eigenvalue weighted by Gasteiger charge is -2.07. The van der Waals surface area contributed by atoms with Crippen LogP contribution in [0.5, 0.6) is 5.75 Å². The van der Waals surface area contributed by atoms with Crippen molar-refractivity contribution in [3.8, 4) is 33.8 Å². The van der Waals surface area contributed by atoms with Gasteiger partial charge in [-0.3, -0.25) is 0 Å². The molecular weight excluding hydrogens is 408 g/mol. The maximum absolute atomic E-state index is 12.8. The third kappa shape index (κ3) is 3.83. The number of para-hydroxylation sites is 1. The molecule has 7 nitrogen and oxygen atoms in total. The van der Waals surface area contributed by atoms with Crippen molar-refractivity contribution in [1.82, 2.24) is 9.78 Å². The van der Waals surface area contributed by atoms with E-state index in [9.17, 15) is 14.7 Å². The van der Waals surface area contributed by atoms with Crippen molar-refractivity contribution in [2.75, 3.05) is 14.2 Å². The number of phenols is 1. The first-order valence-electron chi connectivity index (χ1n) is 9.78. The summed E-state index contributed by atoms with van der Waals surface area (Å²) in [6.07, 6.45) is 0. The van der Waals surface area contributed by atoms with Gasteiger partial charge in [-0.05, 0) is 41.5 Å². The van der Waals surface area contributed by atoms with Crippen LogP contribution in [0.25, 0.3) is 28.1 Å². The smallest absolute Gasteiger partial charge is 0.357 e. The Kier molecular flexibility index (Phi) is 5.72. The van der Waals surface area contributed by atoms with Gasteiger partial charge in [0.2, 0.25) is 0 Å². The first kappa shape index (κ1) is 20.9. The molecule has 1 aromatic heterocycles. The zero-order valence-corrected chi connectivity index (χ0v) is 17.5. The Labute approximate surface area is 184 Å². The molecule has 7 heteroatoms. The predicted molar refractivity (Wildman–Crippen MR) is 119 cm³/mol. The summed E-state index contributed by atoms with van der Waals surface area (Å²) in [5.74, 6) is -1.27. The van der Waals surface area contributed by atoms with Gasteiger partial charge in [0.05, 0.1) is 19.9 Å². The van der Waals surface area contributed by atoms with Crippen LogP contribution in [0.2, 0.25) is 0 Å². The topological polar surface area (TPSA) is 90.6 Å². The maximum Gasteiger partial charge on any atom is 0.357 e. The quantitative estimate of drug-likeness (QED) is 0.471. The van der Waals surface area contributed by atoms with Crippen LogP contribution in [0, 0.1) is 0 Å². The standard InChI is InChI=1S/C25H20N2O5/c1-31-24(29)21-22(18-10-6-8-16(14-18)17-9-7-13-20(28)15-17)26-27(23(21)25(30)32-2)19-11-4-3-5-12-19/h3-15,28H,1-2H3. The van der Waals surface area contributed by atoms with Crippen LogP contribution in [0.15, 0.2) is 78.9 Å². The number of carbonyl (C=O) groups is 2. The van der Waals surface area contributed by atoms with Gasteiger partial charge < -0.3 is 14.6 Å². The molecule has 0 fully saturated rings. The molecule has 4 aromatic rings. The summed E-state index contributed by atoms with van der Waals surface area (Å²) in [6, 6.07) is 23.1. The van der Waals surface area contributed by atoms with E-state index in [4.69, 9.17) is 9.47 Å². The van der Waals surface area contributed by atoms with Crippen molar-refractivity contribution >= 4 is 11.9 Å². The Balaban J connectivity index is 1.97. The van der Waals surface area contributed by atoms with Crippen LogP contribution in [-0.2, 0) is 9.47 Å². The minimum atomic E-state index is -0.711. The predicted octanol–water partition coefficient (Wildman–Crippen LogP) is 4.49. The maximum atomic E-state index is 12.8. The number of nitrogens with zero attached hydrogens (tertiary/aromatic N) is 2. The van der Waals surface area contributed by atoms with E-state index >= 15 is 0 Å². The summed E-state index contributed by atoms with van der Waals surface area (Å²) < 4.78 is 11.3. The Morgan fingerprint density at radius 1 is 0.781 bits per heavy atom.